The maximum Gasteiger partial charge on any atom is 0.306 e. The van der Waals surface area contributed by atoms with Gasteiger partial charge in [0.05, 0.1) is 0 Å². The number of hydrogen-bond acceptors (Lipinski definition) is 6. The Labute approximate surface area is 412 Å². The average Bonchev–Trinajstić information content (AvgIpc) is 3.30. The third-order valence-electron chi connectivity index (χ3n) is 14.1. The monoisotopic (exact) mass is 933 g/mol. The van der Waals surface area contributed by atoms with Gasteiger partial charge in [0.1, 0.15) is 13.2 Å². The maximum absolute atomic E-state index is 12.8. The van der Waals surface area contributed by atoms with Gasteiger partial charge in [-0.1, -0.05) is 298 Å². The molecule has 0 radical (unpaired) electrons. The molecule has 0 rings (SSSR count). The van der Waals surface area contributed by atoms with Gasteiger partial charge >= 0.3 is 17.9 Å². The van der Waals surface area contributed by atoms with Crippen molar-refractivity contribution in [2.24, 2.45) is 11.8 Å². The molecule has 0 aromatic rings. The fourth-order valence-electron chi connectivity index (χ4n) is 9.20. The molecule has 0 fully saturated rings. The summed E-state index contributed by atoms with van der Waals surface area (Å²) in [6.45, 7) is 11.5. The summed E-state index contributed by atoms with van der Waals surface area (Å²) in [6, 6.07) is 0. The van der Waals surface area contributed by atoms with Crippen molar-refractivity contribution < 1.29 is 28.6 Å². The number of esters is 3. The van der Waals surface area contributed by atoms with Crippen LogP contribution in [-0.4, -0.2) is 37.2 Å². The quantitative estimate of drug-likeness (QED) is 0.0343. The van der Waals surface area contributed by atoms with Gasteiger partial charge in [-0.3, -0.25) is 14.4 Å². The Balaban J connectivity index is 4.23. The second-order valence-corrected chi connectivity index (χ2v) is 21.4. The summed E-state index contributed by atoms with van der Waals surface area (Å²) in [5, 5.41) is 0. The van der Waals surface area contributed by atoms with Gasteiger partial charge in [-0.05, 0) is 31.1 Å². The third-order valence-corrected chi connectivity index (χ3v) is 14.1. The lowest BCUT2D eigenvalue weighted by molar-refractivity contribution is -0.167. The smallest absolute Gasteiger partial charge is 0.306 e. The van der Waals surface area contributed by atoms with Crippen molar-refractivity contribution in [2.75, 3.05) is 13.2 Å². The van der Waals surface area contributed by atoms with E-state index in [-0.39, 0.29) is 31.1 Å². The van der Waals surface area contributed by atoms with E-state index in [9.17, 15) is 14.4 Å². The third kappa shape index (κ3) is 51.8. The van der Waals surface area contributed by atoms with Crippen LogP contribution in [0, 0.1) is 11.8 Å². The van der Waals surface area contributed by atoms with E-state index in [0.29, 0.717) is 19.3 Å². The molecule has 0 aromatic carbocycles. The molecule has 0 heterocycles. The fourth-order valence-corrected chi connectivity index (χ4v) is 9.20. The minimum absolute atomic E-state index is 0.0624. The van der Waals surface area contributed by atoms with Gasteiger partial charge < -0.3 is 14.2 Å². The average molecular weight is 934 g/mol. The Morgan fingerprint density at radius 1 is 0.318 bits per heavy atom. The van der Waals surface area contributed by atoms with Gasteiger partial charge in [0.2, 0.25) is 0 Å². The summed E-state index contributed by atoms with van der Waals surface area (Å²) in [4.78, 5) is 38.1. The summed E-state index contributed by atoms with van der Waals surface area (Å²) in [6.07, 6.45) is 56.6. The molecule has 0 aromatic heterocycles. The van der Waals surface area contributed by atoms with E-state index >= 15 is 0 Å². The van der Waals surface area contributed by atoms with Crippen LogP contribution in [-0.2, 0) is 28.6 Å². The topological polar surface area (TPSA) is 78.9 Å². The lowest BCUT2D eigenvalue weighted by atomic mass is 9.99. The minimum Gasteiger partial charge on any atom is -0.462 e. The molecule has 0 saturated heterocycles. The molecule has 0 saturated carbocycles. The SMILES string of the molecule is CCCCCCCCCCCCCC(=O)O[C@H](COC(=O)CCCCCCCCCCCCCCCCCCC(C)C)COC(=O)CCCCCCCCCCCCCCCCC(C)CC. The Morgan fingerprint density at radius 3 is 0.864 bits per heavy atom. The summed E-state index contributed by atoms with van der Waals surface area (Å²) in [5.74, 6) is 0.911. The molecule has 1 unspecified atom stereocenters. The van der Waals surface area contributed by atoms with Crippen molar-refractivity contribution in [3.05, 3.63) is 0 Å². The molecule has 0 aliphatic rings. The van der Waals surface area contributed by atoms with E-state index in [0.717, 1.165) is 69.6 Å². The van der Waals surface area contributed by atoms with E-state index in [1.54, 1.807) is 0 Å². The number of carbonyl (C=O) groups excluding carboxylic acids is 3. The summed E-state index contributed by atoms with van der Waals surface area (Å²) >= 11 is 0. The number of carbonyl (C=O) groups is 3. The molecule has 0 amide bonds. The second-order valence-electron chi connectivity index (χ2n) is 21.4. The molecule has 392 valence electrons. The molecule has 6 heteroatoms. The Kier molecular flexibility index (Phi) is 51.5. The molecule has 0 spiro atoms. The van der Waals surface area contributed by atoms with Crippen molar-refractivity contribution in [1.29, 1.82) is 0 Å². The number of ether oxygens (including phenoxy) is 3. The molecule has 0 aliphatic heterocycles. The predicted molar refractivity (Wildman–Crippen MR) is 284 cm³/mol. The highest BCUT2D eigenvalue weighted by atomic mass is 16.6. The zero-order chi connectivity index (χ0) is 48.2. The van der Waals surface area contributed by atoms with Crippen molar-refractivity contribution in [3.63, 3.8) is 0 Å². The Bertz CT molecular complexity index is 1010. The van der Waals surface area contributed by atoms with E-state index in [4.69, 9.17) is 14.2 Å². The van der Waals surface area contributed by atoms with Crippen LogP contribution >= 0.6 is 0 Å². The number of hydrogen-bond donors (Lipinski definition) is 0. The van der Waals surface area contributed by atoms with Crippen LogP contribution < -0.4 is 0 Å². The Morgan fingerprint density at radius 2 is 0.576 bits per heavy atom. The van der Waals surface area contributed by atoms with Crippen LogP contribution in [0.1, 0.15) is 336 Å². The van der Waals surface area contributed by atoms with E-state index in [1.807, 2.05) is 0 Å². The molecule has 0 bridgehead atoms. The van der Waals surface area contributed by atoms with Gasteiger partial charge in [0.15, 0.2) is 6.10 Å². The van der Waals surface area contributed by atoms with E-state index in [2.05, 4.69) is 34.6 Å². The van der Waals surface area contributed by atoms with Gasteiger partial charge in [-0.25, -0.2) is 0 Å². The van der Waals surface area contributed by atoms with Crippen LogP contribution in [0.25, 0.3) is 0 Å². The highest BCUT2D eigenvalue weighted by Crippen LogP contribution is 2.19. The number of unbranched alkanes of at least 4 members (excludes halogenated alkanes) is 38. The van der Waals surface area contributed by atoms with E-state index in [1.165, 1.54) is 225 Å². The zero-order valence-electron chi connectivity index (χ0n) is 45.3. The van der Waals surface area contributed by atoms with Gasteiger partial charge in [0, 0.05) is 19.3 Å². The van der Waals surface area contributed by atoms with Crippen molar-refractivity contribution in [1.82, 2.24) is 0 Å². The van der Waals surface area contributed by atoms with Crippen molar-refractivity contribution in [3.8, 4) is 0 Å². The first kappa shape index (κ1) is 64.4. The van der Waals surface area contributed by atoms with Crippen LogP contribution in [0.5, 0.6) is 0 Å². The van der Waals surface area contributed by atoms with Crippen LogP contribution in [0.2, 0.25) is 0 Å². The summed E-state index contributed by atoms with van der Waals surface area (Å²) < 4.78 is 16.9. The standard InChI is InChI=1S/C60H116O6/c1-6-8-9-10-11-12-23-32-37-42-47-52-60(63)66-57(54-65-59(62)51-46-41-36-31-27-22-18-17-20-25-29-34-39-44-49-56(5)7-2)53-64-58(61)50-45-40-35-30-26-21-16-14-13-15-19-24-28-33-38-43-48-55(3)4/h55-57H,6-54H2,1-5H3/t56?,57-/m1/s1. The highest BCUT2D eigenvalue weighted by Gasteiger charge is 2.19. The lowest BCUT2D eigenvalue weighted by Crippen LogP contribution is -2.30. The van der Waals surface area contributed by atoms with Crippen LogP contribution in [0.15, 0.2) is 0 Å². The largest absolute Gasteiger partial charge is 0.462 e. The fraction of sp³-hybridized carbons (Fsp3) is 0.950. The maximum atomic E-state index is 12.8. The lowest BCUT2D eigenvalue weighted by Gasteiger charge is -2.18. The molecule has 66 heavy (non-hydrogen) atoms. The molecule has 6 nitrogen and oxygen atoms in total. The molecular formula is C60H116O6. The Hall–Kier alpha value is -1.59. The van der Waals surface area contributed by atoms with Gasteiger partial charge in [0.25, 0.3) is 0 Å². The molecule has 0 aliphatic carbocycles. The normalized spacial score (nSPS) is 12.5. The first-order valence-corrected chi connectivity index (χ1v) is 29.8. The zero-order valence-corrected chi connectivity index (χ0v) is 45.3. The van der Waals surface area contributed by atoms with Gasteiger partial charge in [-0.15, -0.1) is 0 Å². The predicted octanol–water partition coefficient (Wildman–Crippen LogP) is 19.7. The molecule has 2 atom stereocenters. The summed E-state index contributed by atoms with van der Waals surface area (Å²) in [5.41, 5.74) is 0. The van der Waals surface area contributed by atoms with Crippen molar-refractivity contribution >= 4 is 17.9 Å². The minimum atomic E-state index is -0.762. The highest BCUT2D eigenvalue weighted by molar-refractivity contribution is 5.71. The summed E-state index contributed by atoms with van der Waals surface area (Å²) in [7, 11) is 0. The van der Waals surface area contributed by atoms with Gasteiger partial charge in [-0.2, -0.15) is 0 Å². The van der Waals surface area contributed by atoms with Crippen LogP contribution in [0.3, 0.4) is 0 Å². The number of rotatable bonds is 54. The first-order chi connectivity index (χ1) is 32.3. The van der Waals surface area contributed by atoms with Crippen LogP contribution in [0.4, 0.5) is 0 Å². The first-order valence-electron chi connectivity index (χ1n) is 29.8. The molecule has 0 N–H and O–H groups in total. The molecular weight excluding hydrogens is 817 g/mol. The van der Waals surface area contributed by atoms with Crippen molar-refractivity contribution in [2.45, 2.75) is 343 Å². The second kappa shape index (κ2) is 52.8. The van der Waals surface area contributed by atoms with E-state index < -0.39 is 6.10 Å².